The summed E-state index contributed by atoms with van der Waals surface area (Å²) in [5.41, 5.74) is 1.69. The van der Waals surface area contributed by atoms with Gasteiger partial charge in [-0.2, -0.15) is 0 Å². The number of amides is 3. The van der Waals surface area contributed by atoms with E-state index in [-0.39, 0.29) is 38.4 Å². The van der Waals surface area contributed by atoms with Crippen LogP contribution in [-0.2, 0) is 23.9 Å². The number of nitrogens with zero attached hydrogens (tertiary/aromatic N) is 1. The molecule has 1 aliphatic rings. The van der Waals surface area contributed by atoms with Crippen molar-refractivity contribution in [2.45, 2.75) is 26.3 Å². The predicted octanol–water partition coefficient (Wildman–Crippen LogP) is 1.81. The molecule has 2 N–H and O–H groups in total. The van der Waals surface area contributed by atoms with Crippen LogP contribution in [0, 0.1) is 6.92 Å². The van der Waals surface area contributed by atoms with Gasteiger partial charge in [0.25, 0.3) is 5.91 Å². The topological polar surface area (TPSA) is 114 Å². The number of nitrogens with one attached hydrogen (secondary N) is 2. The molecule has 0 saturated carbocycles. The van der Waals surface area contributed by atoms with Crippen LogP contribution >= 0.6 is 0 Å². The molecule has 0 radical (unpaired) electrons. The lowest BCUT2D eigenvalue weighted by molar-refractivity contribution is -0.151. The summed E-state index contributed by atoms with van der Waals surface area (Å²) in [5.74, 6) is -1.42. The second-order valence-electron chi connectivity index (χ2n) is 7.99. The van der Waals surface area contributed by atoms with Crippen LogP contribution in [0.15, 0.2) is 60.3 Å². The molecule has 0 spiro atoms. The minimum Gasteiger partial charge on any atom is -0.490 e. The zero-order chi connectivity index (χ0) is 25.2. The van der Waals surface area contributed by atoms with E-state index in [9.17, 15) is 19.2 Å². The number of ether oxygens (including phenoxy) is 2. The van der Waals surface area contributed by atoms with Crippen molar-refractivity contribution in [1.29, 1.82) is 0 Å². The quantitative estimate of drug-likeness (QED) is 0.322. The first-order valence-electron chi connectivity index (χ1n) is 11.3. The summed E-state index contributed by atoms with van der Waals surface area (Å²) in [4.78, 5) is 51.5. The average molecular weight is 480 g/mol. The smallest absolute Gasteiger partial charge is 0.308 e. The number of carbonyl (C=O) groups is 4. The molecule has 1 heterocycles. The van der Waals surface area contributed by atoms with Crippen LogP contribution in [0.2, 0.25) is 0 Å². The Bertz CT molecular complexity index is 1100. The molecule has 1 unspecified atom stereocenters. The predicted molar refractivity (Wildman–Crippen MR) is 129 cm³/mol. The first kappa shape index (κ1) is 25.5. The van der Waals surface area contributed by atoms with Gasteiger partial charge in [0, 0.05) is 20.0 Å². The van der Waals surface area contributed by atoms with Crippen molar-refractivity contribution >= 4 is 29.8 Å². The maximum absolute atomic E-state index is 13.4. The van der Waals surface area contributed by atoms with Gasteiger partial charge >= 0.3 is 5.97 Å². The average Bonchev–Trinajstić information content (AvgIpc) is 2.84. The Kier molecular flexibility index (Phi) is 9.00. The zero-order valence-electron chi connectivity index (χ0n) is 19.8. The number of para-hydroxylation sites is 1. The molecular formula is C26H29N3O6. The standard InChI is InChI=1S/C26H29N3O6/c1-18-8-6-7-9-20(18)16-22(28-19(2)30)26(33)29-13-12-27-25(32)23(29)17-24(31)35-15-14-34-21-10-4-3-5-11-21/h3-11,16,23H,12-15,17H2,1-2H3,(H,27,32)(H,28,30)/b22-16-. The fraction of sp³-hybridized carbons (Fsp3) is 0.308. The van der Waals surface area contributed by atoms with Gasteiger partial charge in [-0.3, -0.25) is 19.2 Å². The zero-order valence-corrected chi connectivity index (χ0v) is 19.8. The number of hydrogen-bond donors (Lipinski definition) is 2. The second-order valence-corrected chi connectivity index (χ2v) is 7.99. The molecular weight excluding hydrogens is 450 g/mol. The van der Waals surface area contributed by atoms with Crippen molar-refractivity contribution in [1.82, 2.24) is 15.5 Å². The van der Waals surface area contributed by atoms with E-state index in [1.807, 2.05) is 49.4 Å². The van der Waals surface area contributed by atoms with Gasteiger partial charge in [-0.05, 0) is 36.3 Å². The van der Waals surface area contributed by atoms with E-state index in [1.54, 1.807) is 18.2 Å². The minimum atomic E-state index is -1.06. The van der Waals surface area contributed by atoms with Gasteiger partial charge in [0.2, 0.25) is 11.8 Å². The highest BCUT2D eigenvalue weighted by Gasteiger charge is 2.36. The Morgan fingerprint density at radius 1 is 1.09 bits per heavy atom. The van der Waals surface area contributed by atoms with Crippen LogP contribution in [0.5, 0.6) is 5.75 Å². The van der Waals surface area contributed by atoms with E-state index in [0.29, 0.717) is 5.75 Å². The Morgan fingerprint density at radius 2 is 1.80 bits per heavy atom. The summed E-state index contributed by atoms with van der Waals surface area (Å²) in [7, 11) is 0. The van der Waals surface area contributed by atoms with Gasteiger partial charge < -0.3 is 25.0 Å². The summed E-state index contributed by atoms with van der Waals surface area (Å²) in [6, 6.07) is 15.4. The summed E-state index contributed by atoms with van der Waals surface area (Å²) < 4.78 is 10.7. The number of benzene rings is 2. The molecule has 1 fully saturated rings. The van der Waals surface area contributed by atoms with Crippen LogP contribution in [-0.4, -0.2) is 60.9 Å². The van der Waals surface area contributed by atoms with Crippen LogP contribution in [0.3, 0.4) is 0 Å². The monoisotopic (exact) mass is 479 g/mol. The summed E-state index contributed by atoms with van der Waals surface area (Å²) in [6.07, 6.45) is 1.25. The summed E-state index contributed by atoms with van der Waals surface area (Å²) in [5, 5.41) is 5.24. The molecule has 3 amide bonds. The number of hydrogen-bond acceptors (Lipinski definition) is 6. The van der Waals surface area contributed by atoms with Gasteiger partial charge in [0.1, 0.15) is 30.7 Å². The van der Waals surface area contributed by atoms with Gasteiger partial charge in [-0.25, -0.2) is 0 Å². The Hall–Kier alpha value is -4.14. The van der Waals surface area contributed by atoms with E-state index < -0.39 is 29.7 Å². The van der Waals surface area contributed by atoms with E-state index >= 15 is 0 Å². The Morgan fingerprint density at radius 3 is 2.51 bits per heavy atom. The third-order valence-electron chi connectivity index (χ3n) is 5.34. The van der Waals surface area contributed by atoms with E-state index in [4.69, 9.17) is 9.47 Å². The Balaban J connectivity index is 1.67. The number of rotatable bonds is 9. The fourth-order valence-electron chi connectivity index (χ4n) is 3.61. The normalized spacial score (nSPS) is 15.7. The van der Waals surface area contributed by atoms with Crippen LogP contribution in [0.4, 0.5) is 0 Å². The first-order valence-corrected chi connectivity index (χ1v) is 11.3. The molecule has 1 aliphatic heterocycles. The minimum absolute atomic E-state index is 0.000339. The number of aryl methyl sites for hydroxylation is 1. The van der Waals surface area contributed by atoms with E-state index in [0.717, 1.165) is 11.1 Å². The van der Waals surface area contributed by atoms with Crippen molar-refractivity contribution in [2.75, 3.05) is 26.3 Å². The Labute approximate surface area is 204 Å². The highest BCUT2D eigenvalue weighted by Crippen LogP contribution is 2.17. The van der Waals surface area contributed by atoms with Gasteiger partial charge in [0.15, 0.2) is 0 Å². The molecule has 2 aromatic carbocycles. The summed E-state index contributed by atoms with van der Waals surface area (Å²) in [6.45, 7) is 3.76. The van der Waals surface area contributed by atoms with E-state index in [2.05, 4.69) is 10.6 Å². The van der Waals surface area contributed by atoms with Crippen molar-refractivity contribution in [2.24, 2.45) is 0 Å². The number of carbonyl (C=O) groups excluding carboxylic acids is 4. The largest absolute Gasteiger partial charge is 0.490 e. The SMILES string of the molecule is CC(=O)N/C(=C\c1ccccc1C)C(=O)N1CCNC(=O)C1CC(=O)OCCOc1ccccc1. The van der Waals surface area contributed by atoms with Crippen LogP contribution in [0.1, 0.15) is 24.5 Å². The van der Waals surface area contributed by atoms with E-state index in [1.165, 1.54) is 11.8 Å². The molecule has 0 aliphatic carbocycles. The third-order valence-corrected chi connectivity index (χ3v) is 5.34. The molecule has 1 atom stereocenters. The second kappa shape index (κ2) is 12.4. The fourth-order valence-corrected chi connectivity index (χ4v) is 3.61. The molecule has 184 valence electrons. The lowest BCUT2D eigenvalue weighted by Crippen LogP contribution is -2.58. The highest BCUT2D eigenvalue weighted by atomic mass is 16.6. The van der Waals surface area contributed by atoms with Crippen LogP contribution < -0.4 is 15.4 Å². The third kappa shape index (κ3) is 7.43. The number of esters is 1. The van der Waals surface area contributed by atoms with Gasteiger partial charge in [0.05, 0.1) is 6.42 Å². The maximum Gasteiger partial charge on any atom is 0.308 e. The lowest BCUT2D eigenvalue weighted by Gasteiger charge is -2.35. The summed E-state index contributed by atoms with van der Waals surface area (Å²) >= 11 is 0. The molecule has 9 heteroatoms. The molecule has 1 saturated heterocycles. The lowest BCUT2D eigenvalue weighted by atomic mass is 10.1. The molecule has 9 nitrogen and oxygen atoms in total. The van der Waals surface area contributed by atoms with Crippen molar-refractivity contribution in [3.05, 3.63) is 71.4 Å². The van der Waals surface area contributed by atoms with Crippen molar-refractivity contribution in [3.8, 4) is 5.75 Å². The number of piperazine rings is 1. The van der Waals surface area contributed by atoms with Crippen molar-refractivity contribution < 1.29 is 28.7 Å². The molecule has 3 rings (SSSR count). The molecule has 0 bridgehead atoms. The molecule has 35 heavy (non-hydrogen) atoms. The van der Waals surface area contributed by atoms with Gasteiger partial charge in [-0.1, -0.05) is 42.5 Å². The van der Waals surface area contributed by atoms with Gasteiger partial charge in [-0.15, -0.1) is 0 Å². The van der Waals surface area contributed by atoms with Crippen LogP contribution in [0.25, 0.3) is 6.08 Å². The highest BCUT2D eigenvalue weighted by molar-refractivity contribution is 6.03. The first-order chi connectivity index (χ1) is 16.8. The maximum atomic E-state index is 13.4. The van der Waals surface area contributed by atoms with Crippen molar-refractivity contribution in [3.63, 3.8) is 0 Å². The molecule has 0 aromatic heterocycles. The molecule has 2 aromatic rings.